The van der Waals surface area contributed by atoms with E-state index in [9.17, 15) is 8.78 Å². The van der Waals surface area contributed by atoms with Crippen LogP contribution >= 0.6 is 0 Å². The molecule has 1 aromatic carbocycles. The van der Waals surface area contributed by atoms with Gasteiger partial charge >= 0.3 is 0 Å². The van der Waals surface area contributed by atoms with Crippen molar-refractivity contribution in [1.29, 1.82) is 0 Å². The van der Waals surface area contributed by atoms with Gasteiger partial charge in [-0.3, -0.25) is 0 Å². The molecule has 1 heterocycles. The third-order valence-electron chi connectivity index (χ3n) is 1.95. The smallest absolute Gasteiger partial charge is 0.261 e. The van der Waals surface area contributed by atoms with Crippen molar-refractivity contribution in [2.45, 2.75) is 12.5 Å². The Hall–Kier alpha value is -1.32. The number of benzene rings is 1. The highest BCUT2D eigenvalue weighted by Crippen LogP contribution is 2.29. The molecule has 0 amide bonds. The first-order valence-electron chi connectivity index (χ1n) is 4.04. The molecule has 0 aliphatic carbocycles. The van der Waals surface area contributed by atoms with Crippen LogP contribution in [-0.2, 0) is 0 Å². The zero-order valence-corrected chi connectivity index (χ0v) is 6.84. The number of hydrogen-bond donors (Lipinski definition) is 1. The predicted octanol–water partition coefficient (Wildman–Crippen LogP) is 2.12. The molecule has 2 rings (SSSR count). The highest BCUT2D eigenvalue weighted by atomic mass is 19.3. The van der Waals surface area contributed by atoms with E-state index in [1.807, 2.05) is 6.07 Å². The molecule has 2 nitrogen and oxygen atoms in total. The minimum Gasteiger partial charge on any atom is -0.489 e. The van der Waals surface area contributed by atoms with Gasteiger partial charge in [0.1, 0.15) is 18.4 Å². The lowest BCUT2D eigenvalue weighted by Gasteiger charge is -2.26. The Morgan fingerprint density at radius 1 is 1.38 bits per heavy atom. The number of para-hydroxylation sites is 2. The zero-order chi connectivity index (χ0) is 9.26. The summed E-state index contributed by atoms with van der Waals surface area (Å²) in [6.45, 7) is 0.0225. The van der Waals surface area contributed by atoms with Gasteiger partial charge < -0.3 is 10.1 Å². The maximum absolute atomic E-state index is 12.3. The zero-order valence-electron chi connectivity index (χ0n) is 6.84. The van der Waals surface area contributed by atoms with Gasteiger partial charge in [-0.25, -0.2) is 8.78 Å². The first-order valence-corrected chi connectivity index (χ1v) is 4.04. The number of halogens is 2. The molecule has 0 radical (unpaired) electrons. The largest absolute Gasteiger partial charge is 0.489 e. The molecule has 0 saturated carbocycles. The Morgan fingerprint density at radius 3 is 2.92 bits per heavy atom. The number of fused-ring (bicyclic) bond motifs is 1. The molecule has 0 fully saturated rings. The average Bonchev–Trinajstić information content (AvgIpc) is 2.17. The van der Waals surface area contributed by atoms with Gasteiger partial charge in [0.2, 0.25) is 0 Å². The van der Waals surface area contributed by atoms with Crippen molar-refractivity contribution >= 4 is 5.69 Å². The topological polar surface area (TPSA) is 21.3 Å². The van der Waals surface area contributed by atoms with Crippen LogP contribution in [0.4, 0.5) is 14.5 Å². The number of ether oxygens (including phenoxy) is 1. The number of anilines is 1. The third kappa shape index (κ3) is 1.56. The van der Waals surface area contributed by atoms with Crippen molar-refractivity contribution < 1.29 is 13.5 Å². The molecule has 0 bridgehead atoms. The van der Waals surface area contributed by atoms with Gasteiger partial charge in [-0.2, -0.15) is 0 Å². The fraction of sp³-hybridized carbons (Fsp3) is 0.333. The Balaban J connectivity index is 2.20. The van der Waals surface area contributed by atoms with Gasteiger partial charge in [-0.15, -0.1) is 0 Å². The van der Waals surface area contributed by atoms with Crippen LogP contribution in [0.25, 0.3) is 0 Å². The van der Waals surface area contributed by atoms with Crippen molar-refractivity contribution in [3.63, 3.8) is 0 Å². The van der Waals surface area contributed by atoms with Crippen LogP contribution in [0, 0.1) is 0 Å². The highest BCUT2D eigenvalue weighted by Gasteiger charge is 2.25. The van der Waals surface area contributed by atoms with E-state index in [4.69, 9.17) is 4.74 Å². The first-order chi connectivity index (χ1) is 6.27. The molecule has 1 N–H and O–H groups in total. The first kappa shape index (κ1) is 8.29. The van der Waals surface area contributed by atoms with Crippen molar-refractivity contribution in [2.24, 2.45) is 0 Å². The van der Waals surface area contributed by atoms with E-state index in [0.29, 0.717) is 11.4 Å². The molecule has 0 spiro atoms. The Morgan fingerprint density at radius 2 is 2.15 bits per heavy atom. The van der Waals surface area contributed by atoms with Crippen LogP contribution in [0.2, 0.25) is 0 Å². The second kappa shape index (κ2) is 3.20. The van der Waals surface area contributed by atoms with E-state index < -0.39 is 12.5 Å². The molecule has 1 unspecified atom stereocenters. The van der Waals surface area contributed by atoms with Gasteiger partial charge in [0.05, 0.1) is 5.69 Å². The molecule has 4 heteroatoms. The summed E-state index contributed by atoms with van der Waals surface area (Å²) < 4.78 is 29.7. The monoisotopic (exact) mass is 185 g/mol. The van der Waals surface area contributed by atoms with E-state index in [2.05, 4.69) is 5.32 Å². The predicted molar refractivity (Wildman–Crippen MR) is 45.4 cm³/mol. The third-order valence-corrected chi connectivity index (χ3v) is 1.95. The van der Waals surface area contributed by atoms with Gasteiger partial charge in [-0.1, -0.05) is 12.1 Å². The Labute approximate surface area is 74.5 Å². The maximum Gasteiger partial charge on any atom is 0.261 e. The van der Waals surface area contributed by atoms with Crippen LogP contribution < -0.4 is 10.1 Å². The Kier molecular flexibility index (Phi) is 2.04. The van der Waals surface area contributed by atoms with Crippen LogP contribution in [0.1, 0.15) is 0 Å². The lowest BCUT2D eigenvalue weighted by atomic mass is 10.2. The summed E-state index contributed by atoms with van der Waals surface area (Å²) in [7, 11) is 0. The van der Waals surface area contributed by atoms with E-state index in [0.717, 1.165) is 0 Å². The lowest BCUT2D eigenvalue weighted by Crippen LogP contribution is -2.37. The second-order valence-electron chi connectivity index (χ2n) is 2.89. The van der Waals surface area contributed by atoms with E-state index >= 15 is 0 Å². The number of nitrogens with one attached hydrogen (secondary N) is 1. The second-order valence-corrected chi connectivity index (χ2v) is 2.89. The summed E-state index contributed by atoms with van der Waals surface area (Å²) in [5.41, 5.74) is 0.638. The molecule has 1 aromatic rings. The molecule has 0 aromatic heterocycles. The van der Waals surface area contributed by atoms with Crippen LogP contribution in [0.3, 0.4) is 0 Å². The van der Waals surface area contributed by atoms with Crippen LogP contribution in [0.5, 0.6) is 5.75 Å². The number of hydrogen-bond acceptors (Lipinski definition) is 2. The quantitative estimate of drug-likeness (QED) is 0.723. The summed E-state index contributed by atoms with van der Waals surface area (Å²) in [5, 5.41) is 2.72. The Bertz CT molecular complexity index is 303. The van der Waals surface area contributed by atoms with Gasteiger partial charge in [0, 0.05) is 0 Å². The molecule has 1 aliphatic rings. The van der Waals surface area contributed by atoms with Crippen molar-refractivity contribution in [3.05, 3.63) is 24.3 Å². The van der Waals surface area contributed by atoms with E-state index in [1.54, 1.807) is 18.2 Å². The highest BCUT2D eigenvalue weighted by molar-refractivity contribution is 5.58. The van der Waals surface area contributed by atoms with Gasteiger partial charge in [0.15, 0.2) is 0 Å². The molecular formula is C9H9F2NO. The van der Waals surface area contributed by atoms with Crippen LogP contribution in [-0.4, -0.2) is 19.1 Å². The molecule has 70 valence electrons. The van der Waals surface area contributed by atoms with Crippen molar-refractivity contribution in [1.82, 2.24) is 0 Å². The van der Waals surface area contributed by atoms with Gasteiger partial charge in [0.25, 0.3) is 6.43 Å². The SMILES string of the molecule is FC(F)C1COc2ccccc2N1. The van der Waals surface area contributed by atoms with Crippen molar-refractivity contribution in [3.8, 4) is 5.75 Å². The van der Waals surface area contributed by atoms with Gasteiger partial charge in [-0.05, 0) is 12.1 Å². The molecule has 0 saturated heterocycles. The minimum absolute atomic E-state index is 0.0225. The lowest BCUT2D eigenvalue weighted by molar-refractivity contribution is 0.0938. The van der Waals surface area contributed by atoms with E-state index in [1.165, 1.54) is 0 Å². The normalized spacial score (nSPS) is 20.4. The summed E-state index contributed by atoms with van der Waals surface area (Å²) >= 11 is 0. The fourth-order valence-corrected chi connectivity index (χ4v) is 1.27. The molecular weight excluding hydrogens is 176 g/mol. The maximum atomic E-state index is 12.3. The molecule has 13 heavy (non-hydrogen) atoms. The standard InChI is InChI=1S/C9H9F2NO/c10-9(11)7-5-13-8-4-2-1-3-6(8)12-7/h1-4,7,9,12H,5H2. The summed E-state index contributed by atoms with van der Waals surface area (Å²) in [4.78, 5) is 0. The number of alkyl halides is 2. The number of rotatable bonds is 1. The van der Waals surface area contributed by atoms with E-state index in [-0.39, 0.29) is 6.61 Å². The summed E-state index contributed by atoms with van der Waals surface area (Å²) in [6.07, 6.45) is -2.40. The van der Waals surface area contributed by atoms with Crippen LogP contribution in [0.15, 0.2) is 24.3 Å². The fourth-order valence-electron chi connectivity index (χ4n) is 1.27. The summed E-state index contributed by atoms with van der Waals surface area (Å²) in [5.74, 6) is 0.638. The molecule has 1 atom stereocenters. The molecule has 1 aliphatic heterocycles. The summed E-state index contributed by atoms with van der Waals surface area (Å²) in [6, 6.07) is 6.18. The average molecular weight is 185 g/mol. The minimum atomic E-state index is -2.40. The van der Waals surface area contributed by atoms with Crippen molar-refractivity contribution in [2.75, 3.05) is 11.9 Å².